The molecule has 10 heteroatoms. The molecule has 0 radical (unpaired) electrons. The van der Waals surface area contributed by atoms with Crippen molar-refractivity contribution in [1.29, 1.82) is 0 Å². The fourth-order valence-electron chi connectivity index (χ4n) is 2.29. The van der Waals surface area contributed by atoms with Crippen LogP contribution in [0.2, 0.25) is 0 Å². The third kappa shape index (κ3) is 6.89. The van der Waals surface area contributed by atoms with Crippen LogP contribution < -0.4 is 25.5 Å². The van der Waals surface area contributed by atoms with Crippen molar-refractivity contribution < 1.29 is 23.9 Å². The lowest BCUT2D eigenvalue weighted by Gasteiger charge is -2.11. The number of hydrogen-bond donors (Lipinski definition) is 3. The monoisotopic (exact) mass is 476 g/mol. The van der Waals surface area contributed by atoms with Gasteiger partial charge in [-0.3, -0.25) is 14.4 Å². The Balaban J connectivity index is 1.88. The van der Waals surface area contributed by atoms with E-state index < -0.39 is 11.8 Å². The van der Waals surface area contributed by atoms with Crippen LogP contribution in [0.15, 0.2) is 52.0 Å². The molecule has 0 unspecified atom stereocenters. The number of hydrazone groups is 1. The number of anilines is 2. The Kier molecular flexibility index (Phi) is 8.36. The molecule has 2 aromatic carbocycles. The minimum Gasteiger partial charge on any atom is -0.497 e. The summed E-state index contributed by atoms with van der Waals surface area (Å²) in [5, 5.41) is 8.93. The maximum Gasteiger partial charge on any atom is 0.329 e. The summed E-state index contributed by atoms with van der Waals surface area (Å²) in [6.45, 7) is 1.56. The SMILES string of the molecule is COc1ccc(NC(=O)C(=O)NN=C(C)CC(=O)Nc2ccc(Br)cc2)c(OC)c1. The average Bonchev–Trinajstić information content (AvgIpc) is 2.73. The summed E-state index contributed by atoms with van der Waals surface area (Å²) < 4.78 is 11.1. The fraction of sp³-hybridized carbons (Fsp3) is 0.200. The maximum absolute atomic E-state index is 12.1. The molecule has 0 heterocycles. The van der Waals surface area contributed by atoms with Crippen LogP contribution in [0.1, 0.15) is 13.3 Å². The number of nitrogens with one attached hydrogen (secondary N) is 3. The highest BCUT2D eigenvalue weighted by atomic mass is 79.9. The molecule has 2 aromatic rings. The van der Waals surface area contributed by atoms with Crippen molar-refractivity contribution in [1.82, 2.24) is 5.43 Å². The van der Waals surface area contributed by atoms with Gasteiger partial charge >= 0.3 is 11.8 Å². The first-order valence-electron chi connectivity index (χ1n) is 8.74. The molecule has 0 atom stereocenters. The van der Waals surface area contributed by atoms with E-state index in [-0.39, 0.29) is 12.3 Å². The first-order chi connectivity index (χ1) is 14.3. The van der Waals surface area contributed by atoms with E-state index in [2.05, 4.69) is 37.1 Å². The normalized spacial score (nSPS) is 10.7. The Morgan fingerprint density at radius 1 is 0.967 bits per heavy atom. The molecule has 0 aromatic heterocycles. The van der Waals surface area contributed by atoms with E-state index in [1.54, 1.807) is 49.4 Å². The van der Waals surface area contributed by atoms with Gasteiger partial charge in [0.2, 0.25) is 5.91 Å². The first kappa shape index (κ1) is 22.9. The minimum atomic E-state index is -0.986. The highest BCUT2D eigenvalue weighted by Crippen LogP contribution is 2.28. The van der Waals surface area contributed by atoms with Gasteiger partial charge in [0.25, 0.3) is 0 Å². The Labute approximate surface area is 182 Å². The van der Waals surface area contributed by atoms with Gasteiger partial charge in [-0.15, -0.1) is 0 Å². The number of benzene rings is 2. The number of carbonyl (C=O) groups is 3. The maximum atomic E-state index is 12.1. The summed E-state index contributed by atoms with van der Waals surface area (Å²) in [6.07, 6.45) is -0.0513. The lowest BCUT2D eigenvalue weighted by molar-refractivity contribution is -0.136. The molecule has 0 bridgehead atoms. The highest BCUT2D eigenvalue weighted by Gasteiger charge is 2.16. The third-order valence-electron chi connectivity index (χ3n) is 3.76. The van der Waals surface area contributed by atoms with Crippen LogP contribution in [0.4, 0.5) is 11.4 Å². The zero-order chi connectivity index (χ0) is 22.1. The second-order valence-corrected chi connectivity index (χ2v) is 6.96. The molecule has 3 N–H and O–H groups in total. The molecule has 0 aliphatic heterocycles. The third-order valence-corrected chi connectivity index (χ3v) is 4.28. The van der Waals surface area contributed by atoms with Crippen LogP contribution in [0.3, 0.4) is 0 Å². The average molecular weight is 477 g/mol. The smallest absolute Gasteiger partial charge is 0.329 e. The quantitative estimate of drug-likeness (QED) is 0.322. The molecule has 0 saturated carbocycles. The second kappa shape index (κ2) is 11.0. The largest absolute Gasteiger partial charge is 0.497 e. The van der Waals surface area contributed by atoms with Gasteiger partial charge in [-0.05, 0) is 43.3 Å². The number of amides is 3. The summed E-state index contributed by atoms with van der Waals surface area (Å²) in [4.78, 5) is 36.1. The van der Waals surface area contributed by atoms with Crippen molar-refractivity contribution in [2.24, 2.45) is 5.10 Å². The van der Waals surface area contributed by atoms with Gasteiger partial charge in [0.15, 0.2) is 0 Å². The van der Waals surface area contributed by atoms with E-state index in [4.69, 9.17) is 9.47 Å². The van der Waals surface area contributed by atoms with Crippen LogP contribution in [-0.2, 0) is 14.4 Å². The predicted molar refractivity (Wildman–Crippen MR) is 117 cm³/mol. The Hall–Kier alpha value is -3.40. The molecule has 158 valence electrons. The standard InChI is InChI=1S/C20H21BrN4O5/c1-12(10-18(26)22-14-6-4-13(21)5-7-14)24-25-20(28)19(27)23-16-9-8-15(29-2)11-17(16)30-3/h4-9,11H,10H2,1-3H3,(H,22,26)(H,23,27)(H,25,28). The van der Waals surface area contributed by atoms with Crippen molar-refractivity contribution in [3.05, 3.63) is 46.9 Å². The second-order valence-electron chi connectivity index (χ2n) is 6.04. The molecule has 2 rings (SSSR count). The van der Waals surface area contributed by atoms with Crippen LogP contribution in [0.25, 0.3) is 0 Å². The van der Waals surface area contributed by atoms with Gasteiger partial charge in [0.05, 0.1) is 26.3 Å². The van der Waals surface area contributed by atoms with Crippen molar-refractivity contribution in [3.63, 3.8) is 0 Å². The van der Waals surface area contributed by atoms with E-state index in [1.807, 2.05) is 0 Å². The molecule has 0 spiro atoms. The summed E-state index contributed by atoms with van der Waals surface area (Å²) >= 11 is 3.32. The molecule has 3 amide bonds. The fourth-order valence-corrected chi connectivity index (χ4v) is 2.55. The molecular weight excluding hydrogens is 456 g/mol. The summed E-state index contributed by atoms with van der Waals surface area (Å²) in [6, 6.07) is 11.8. The van der Waals surface area contributed by atoms with Crippen LogP contribution in [0.5, 0.6) is 11.5 Å². The number of methoxy groups -OCH3 is 2. The number of rotatable bonds is 7. The topological polar surface area (TPSA) is 118 Å². The summed E-state index contributed by atoms with van der Waals surface area (Å²) in [5.74, 6) is -1.36. The van der Waals surface area contributed by atoms with Gasteiger partial charge in [-0.2, -0.15) is 5.10 Å². The van der Waals surface area contributed by atoms with Crippen LogP contribution >= 0.6 is 15.9 Å². The van der Waals surface area contributed by atoms with E-state index in [9.17, 15) is 14.4 Å². The van der Waals surface area contributed by atoms with Crippen LogP contribution in [0, 0.1) is 0 Å². The molecular formula is C20H21BrN4O5. The van der Waals surface area contributed by atoms with Gasteiger partial charge < -0.3 is 20.1 Å². The number of halogens is 1. The molecule has 0 aliphatic rings. The summed E-state index contributed by atoms with van der Waals surface area (Å²) in [5.41, 5.74) is 3.38. The van der Waals surface area contributed by atoms with E-state index >= 15 is 0 Å². The van der Waals surface area contributed by atoms with Crippen molar-refractivity contribution >= 4 is 50.7 Å². The van der Waals surface area contributed by atoms with Crippen molar-refractivity contribution in [3.8, 4) is 11.5 Å². The number of hydrogen-bond acceptors (Lipinski definition) is 6. The highest BCUT2D eigenvalue weighted by molar-refractivity contribution is 9.10. The van der Waals surface area contributed by atoms with Gasteiger partial charge in [0, 0.05) is 21.9 Å². The first-order valence-corrected chi connectivity index (χ1v) is 9.53. The zero-order valence-corrected chi connectivity index (χ0v) is 18.2. The number of carbonyl (C=O) groups excluding carboxylic acids is 3. The molecule has 30 heavy (non-hydrogen) atoms. The Morgan fingerprint density at radius 3 is 2.30 bits per heavy atom. The predicted octanol–water partition coefficient (Wildman–Crippen LogP) is 2.93. The zero-order valence-electron chi connectivity index (χ0n) is 16.6. The minimum absolute atomic E-state index is 0.0513. The summed E-state index contributed by atoms with van der Waals surface area (Å²) in [7, 11) is 2.93. The van der Waals surface area contributed by atoms with Gasteiger partial charge in [-0.1, -0.05) is 15.9 Å². The van der Waals surface area contributed by atoms with Crippen molar-refractivity contribution in [2.75, 3.05) is 24.9 Å². The Morgan fingerprint density at radius 2 is 1.67 bits per heavy atom. The Bertz CT molecular complexity index is 960. The van der Waals surface area contributed by atoms with E-state index in [0.29, 0.717) is 28.6 Å². The van der Waals surface area contributed by atoms with Gasteiger partial charge in [0.1, 0.15) is 11.5 Å². The number of ether oxygens (including phenoxy) is 2. The van der Waals surface area contributed by atoms with Crippen LogP contribution in [-0.4, -0.2) is 37.7 Å². The molecule has 0 saturated heterocycles. The lowest BCUT2D eigenvalue weighted by atomic mass is 10.2. The molecule has 0 aliphatic carbocycles. The van der Waals surface area contributed by atoms with Crippen molar-refractivity contribution in [2.45, 2.75) is 13.3 Å². The molecule has 0 fully saturated rings. The van der Waals surface area contributed by atoms with Gasteiger partial charge in [-0.25, -0.2) is 5.43 Å². The van der Waals surface area contributed by atoms with E-state index in [1.165, 1.54) is 14.2 Å². The number of nitrogens with zero attached hydrogens (tertiary/aromatic N) is 1. The lowest BCUT2D eigenvalue weighted by Crippen LogP contribution is -2.33. The van der Waals surface area contributed by atoms with E-state index in [0.717, 1.165) is 4.47 Å². The molecule has 9 nitrogen and oxygen atoms in total.